The second-order valence-corrected chi connectivity index (χ2v) is 6.57. The van der Waals surface area contributed by atoms with Crippen molar-refractivity contribution < 1.29 is 4.79 Å². The van der Waals surface area contributed by atoms with Gasteiger partial charge in [-0.3, -0.25) is 4.79 Å². The van der Waals surface area contributed by atoms with Crippen molar-refractivity contribution in [2.45, 2.75) is 18.7 Å². The molecule has 0 atom stereocenters. The maximum Gasteiger partial charge on any atom is 0.265 e. The van der Waals surface area contributed by atoms with Crippen molar-refractivity contribution in [2.75, 3.05) is 16.8 Å². The number of anilines is 2. The first-order valence-electron chi connectivity index (χ1n) is 6.01. The van der Waals surface area contributed by atoms with Gasteiger partial charge in [-0.15, -0.1) is 23.1 Å². The van der Waals surface area contributed by atoms with Gasteiger partial charge in [-0.2, -0.15) is 0 Å². The van der Waals surface area contributed by atoms with E-state index in [0.29, 0.717) is 10.6 Å². The Morgan fingerprint density at radius 2 is 2.16 bits per heavy atom. The third-order valence-electron chi connectivity index (χ3n) is 2.62. The molecule has 0 saturated carbocycles. The van der Waals surface area contributed by atoms with Crippen LogP contribution in [0.3, 0.4) is 0 Å². The van der Waals surface area contributed by atoms with Crippen molar-refractivity contribution in [1.29, 1.82) is 0 Å². The molecule has 0 fully saturated rings. The quantitative estimate of drug-likeness (QED) is 0.837. The van der Waals surface area contributed by atoms with E-state index in [2.05, 4.69) is 12.2 Å². The smallest absolute Gasteiger partial charge is 0.265 e. The summed E-state index contributed by atoms with van der Waals surface area (Å²) in [6, 6.07) is 9.55. The van der Waals surface area contributed by atoms with Crippen LogP contribution in [-0.2, 0) is 0 Å². The highest BCUT2D eigenvalue weighted by Crippen LogP contribution is 2.29. The molecular formula is C14H16N2OS2. The van der Waals surface area contributed by atoms with Crippen LogP contribution < -0.4 is 11.1 Å². The molecule has 0 aliphatic rings. The van der Waals surface area contributed by atoms with Gasteiger partial charge in [0.2, 0.25) is 0 Å². The molecule has 0 saturated heterocycles. The molecule has 0 bridgehead atoms. The van der Waals surface area contributed by atoms with Gasteiger partial charge in [-0.1, -0.05) is 19.1 Å². The zero-order valence-corrected chi connectivity index (χ0v) is 12.5. The highest BCUT2D eigenvalue weighted by atomic mass is 32.2. The number of aryl methyl sites for hydroxylation is 1. The maximum absolute atomic E-state index is 12.2. The topological polar surface area (TPSA) is 55.1 Å². The molecule has 0 unspecified atom stereocenters. The van der Waals surface area contributed by atoms with Gasteiger partial charge < -0.3 is 11.1 Å². The van der Waals surface area contributed by atoms with Gasteiger partial charge in [0.25, 0.3) is 5.91 Å². The van der Waals surface area contributed by atoms with Gasteiger partial charge in [-0.05, 0) is 30.9 Å². The fraction of sp³-hybridized carbons (Fsp3) is 0.214. The first-order chi connectivity index (χ1) is 9.11. The molecule has 3 N–H and O–H groups in total. The van der Waals surface area contributed by atoms with Crippen molar-refractivity contribution in [1.82, 2.24) is 0 Å². The molecule has 1 amide bonds. The lowest BCUT2D eigenvalue weighted by atomic mass is 10.3. The van der Waals surface area contributed by atoms with E-state index in [1.807, 2.05) is 31.2 Å². The van der Waals surface area contributed by atoms with Crippen molar-refractivity contribution in [2.24, 2.45) is 0 Å². The summed E-state index contributed by atoms with van der Waals surface area (Å²) in [6.07, 6.45) is 0. The second kappa shape index (κ2) is 6.12. The van der Waals surface area contributed by atoms with Crippen molar-refractivity contribution in [3.63, 3.8) is 0 Å². The standard InChI is InChI=1S/C14H16N2OS2/c1-3-18-12-7-5-4-6-11(12)16-14(17)13-8-10(15)9(2)19-13/h4-8H,3,15H2,1-2H3,(H,16,17). The fourth-order valence-corrected chi connectivity index (χ4v) is 3.24. The average Bonchev–Trinajstić information content (AvgIpc) is 2.72. The summed E-state index contributed by atoms with van der Waals surface area (Å²) in [4.78, 5) is 14.9. The Labute approximate surface area is 121 Å². The Morgan fingerprint density at radius 3 is 2.79 bits per heavy atom. The molecule has 2 rings (SSSR count). The van der Waals surface area contributed by atoms with E-state index < -0.39 is 0 Å². The molecule has 1 aromatic carbocycles. The predicted molar refractivity (Wildman–Crippen MR) is 84.3 cm³/mol. The highest BCUT2D eigenvalue weighted by molar-refractivity contribution is 7.99. The first-order valence-corrected chi connectivity index (χ1v) is 7.81. The summed E-state index contributed by atoms with van der Waals surface area (Å²) < 4.78 is 0. The zero-order chi connectivity index (χ0) is 13.8. The normalized spacial score (nSPS) is 10.4. The summed E-state index contributed by atoms with van der Waals surface area (Å²) in [6.45, 7) is 4.00. The molecule has 1 aromatic heterocycles. The minimum Gasteiger partial charge on any atom is -0.398 e. The Morgan fingerprint density at radius 1 is 1.42 bits per heavy atom. The number of benzene rings is 1. The number of hydrogen-bond donors (Lipinski definition) is 2. The predicted octanol–water partition coefficient (Wildman–Crippen LogP) is 4.00. The number of hydrogen-bond acceptors (Lipinski definition) is 4. The molecule has 100 valence electrons. The lowest BCUT2D eigenvalue weighted by Crippen LogP contribution is -2.10. The maximum atomic E-state index is 12.2. The third-order valence-corrected chi connectivity index (χ3v) is 4.64. The number of thioether (sulfide) groups is 1. The Bertz CT molecular complexity index is 573. The van der Waals surface area contributed by atoms with Crippen LogP contribution in [0.2, 0.25) is 0 Å². The Balaban J connectivity index is 2.19. The summed E-state index contributed by atoms with van der Waals surface area (Å²) in [5.41, 5.74) is 7.30. The van der Waals surface area contributed by atoms with Crippen LogP contribution in [0.25, 0.3) is 0 Å². The van der Waals surface area contributed by atoms with Crippen LogP contribution in [-0.4, -0.2) is 11.7 Å². The van der Waals surface area contributed by atoms with E-state index in [1.54, 1.807) is 17.8 Å². The minimum atomic E-state index is -0.103. The fourth-order valence-electron chi connectivity index (χ4n) is 1.64. The molecule has 5 heteroatoms. The number of thiophene rings is 1. The zero-order valence-electron chi connectivity index (χ0n) is 10.9. The molecule has 3 nitrogen and oxygen atoms in total. The van der Waals surface area contributed by atoms with Gasteiger partial charge in [0.1, 0.15) is 0 Å². The van der Waals surface area contributed by atoms with E-state index in [4.69, 9.17) is 5.73 Å². The molecule has 19 heavy (non-hydrogen) atoms. The number of carbonyl (C=O) groups is 1. The number of nitrogens with two attached hydrogens (primary N) is 1. The molecule has 1 heterocycles. The van der Waals surface area contributed by atoms with Crippen molar-refractivity contribution in [3.05, 3.63) is 40.1 Å². The van der Waals surface area contributed by atoms with Crippen LogP contribution in [0.4, 0.5) is 11.4 Å². The van der Waals surface area contributed by atoms with Gasteiger partial charge in [-0.25, -0.2) is 0 Å². The summed E-state index contributed by atoms with van der Waals surface area (Å²) in [5.74, 6) is 0.867. The van der Waals surface area contributed by atoms with Crippen LogP contribution in [0.15, 0.2) is 35.2 Å². The average molecular weight is 292 g/mol. The van der Waals surface area contributed by atoms with Crippen molar-refractivity contribution >= 4 is 40.4 Å². The number of rotatable bonds is 4. The number of nitrogens with one attached hydrogen (secondary N) is 1. The van der Waals surface area contributed by atoms with E-state index in [0.717, 1.165) is 21.2 Å². The van der Waals surface area contributed by atoms with Crippen molar-refractivity contribution in [3.8, 4) is 0 Å². The SMILES string of the molecule is CCSc1ccccc1NC(=O)c1cc(N)c(C)s1. The van der Waals surface area contributed by atoms with Crippen LogP contribution in [0.5, 0.6) is 0 Å². The van der Waals surface area contributed by atoms with Gasteiger partial charge >= 0.3 is 0 Å². The van der Waals surface area contributed by atoms with E-state index in [9.17, 15) is 4.79 Å². The first kappa shape index (κ1) is 14.0. The second-order valence-electron chi connectivity index (χ2n) is 4.01. The van der Waals surface area contributed by atoms with E-state index in [1.165, 1.54) is 11.3 Å². The molecule has 0 aliphatic carbocycles. The highest BCUT2D eigenvalue weighted by Gasteiger charge is 2.12. The molecule has 0 spiro atoms. The number of nitrogen functional groups attached to an aromatic ring is 1. The third kappa shape index (κ3) is 3.30. The monoisotopic (exact) mass is 292 g/mol. The van der Waals surface area contributed by atoms with Crippen LogP contribution in [0.1, 0.15) is 21.5 Å². The van der Waals surface area contributed by atoms with Gasteiger partial charge in [0.05, 0.1) is 10.6 Å². The molecule has 0 aliphatic heterocycles. The van der Waals surface area contributed by atoms with Gasteiger partial charge in [0, 0.05) is 15.5 Å². The summed E-state index contributed by atoms with van der Waals surface area (Å²) >= 11 is 3.13. The lowest BCUT2D eigenvalue weighted by molar-refractivity contribution is 0.103. The number of amides is 1. The van der Waals surface area contributed by atoms with Crippen LogP contribution in [0, 0.1) is 6.92 Å². The minimum absolute atomic E-state index is 0.103. The molecular weight excluding hydrogens is 276 g/mol. The summed E-state index contributed by atoms with van der Waals surface area (Å²) in [5, 5.41) is 2.95. The Hall–Kier alpha value is -1.46. The summed E-state index contributed by atoms with van der Waals surface area (Å²) in [7, 11) is 0. The van der Waals surface area contributed by atoms with E-state index >= 15 is 0 Å². The van der Waals surface area contributed by atoms with Gasteiger partial charge in [0.15, 0.2) is 0 Å². The largest absolute Gasteiger partial charge is 0.398 e. The Kier molecular flexibility index (Phi) is 4.50. The number of carbonyl (C=O) groups excluding carboxylic acids is 1. The lowest BCUT2D eigenvalue weighted by Gasteiger charge is -2.08. The van der Waals surface area contributed by atoms with E-state index in [-0.39, 0.29) is 5.91 Å². The molecule has 2 aromatic rings. The molecule has 0 radical (unpaired) electrons. The number of para-hydroxylation sites is 1. The van der Waals surface area contributed by atoms with Crippen LogP contribution >= 0.6 is 23.1 Å².